The molecule has 0 fully saturated rings. The Bertz CT molecular complexity index is 758. The number of rotatable bonds is 7. The molecule has 2 aromatic rings. The van der Waals surface area contributed by atoms with Crippen LogP contribution in [0.15, 0.2) is 35.5 Å². The van der Waals surface area contributed by atoms with Crippen LogP contribution in [0.3, 0.4) is 0 Å². The van der Waals surface area contributed by atoms with Crippen molar-refractivity contribution in [1.29, 1.82) is 0 Å². The Hall–Kier alpha value is -1.79. The van der Waals surface area contributed by atoms with Crippen molar-refractivity contribution >= 4 is 29.3 Å². The third-order valence-electron chi connectivity index (χ3n) is 3.65. The van der Waals surface area contributed by atoms with Crippen LogP contribution >= 0.6 is 23.4 Å². The van der Waals surface area contributed by atoms with Gasteiger partial charge in [-0.05, 0) is 30.2 Å². The normalized spacial score (nSPS) is 11.9. The smallest absolute Gasteiger partial charge is 0.255 e. The van der Waals surface area contributed by atoms with E-state index < -0.39 is 5.82 Å². The molecule has 0 aliphatic heterocycles. The monoisotopic (exact) mass is 382 g/mol. The van der Waals surface area contributed by atoms with E-state index in [1.807, 2.05) is 0 Å². The maximum atomic E-state index is 13.7. The second-order valence-electron chi connectivity index (χ2n) is 5.46. The fourth-order valence-electron chi connectivity index (χ4n) is 2.08. The van der Waals surface area contributed by atoms with Crippen LogP contribution in [-0.2, 0) is 6.54 Å². The lowest BCUT2D eigenvalue weighted by molar-refractivity contribution is 0.0947. The van der Waals surface area contributed by atoms with Crippen molar-refractivity contribution in [3.63, 3.8) is 0 Å². The van der Waals surface area contributed by atoms with Crippen molar-refractivity contribution < 1.29 is 13.9 Å². The Balaban J connectivity index is 2.14. The molecule has 1 unspecified atom stereocenters. The van der Waals surface area contributed by atoms with Gasteiger partial charge in [0.1, 0.15) is 5.03 Å². The number of methoxy groups -OCH3 is 1. The van der Waals surface area contributed by atoms with Crippen LogP contribution in [0.2, 0.25) is 5.02 Å². The van der Waals surface area contributed by atoms with Crippen molar-refractivity contribution in [1.82, 2.24) is 10.3 Å². The zero-order chi connectivity index (χ0) is 18.4. The topological polar surface area (TPSA) is 51.2 Å². The molecule has 1 atom stereocenters. The number of aromatic nitrogens is 1. The Morgan fingerprint density at radius 1 is 1.44 bits per heavy atom. The van der Waals surface area contributed by atoms with Gasteiger partial charge in [0.2, 0.25) is 0 Å². The Morgan fingerprint density at radius 2 is 2.20 bits per heavy atom. The molecule has 0 aliphatic rings. The second kappa shape index (κ2) is 9.06. The number of nitrogens with zero attached hydrogens (tertiary/aromatic N) is 1. The van der Waals surface area contributed by atoms with E-state index in [0.29, 0.717) is 26.4 Å². The number of thioether (sulfide) groups is 1. The number of carbonyl (C=O) groups excluding carboxylic acids is 1. The van der Waals surface area contributed by atoms with E-state index in [1.54, 1.807) is 18.3 Å². The van der Waals surface area contributed by atoms with Gasteiger partial charge in [-0.3, -0.25) is 4.79 Å². The van der Waals surface area contributed by atoms with E-state index in [2.05, 4.69) is 24.1 Å². The standard InChI is InChI=1S/C18H20ClFN2O2S/c1-4-11(2)25-18-16(13(19)7-8-21-18)17(23)22-10-12-5-6-15(24-3)14(20)9-12/h5-9,11H,4,10H2,1-3H3,(H,22,23). The lowest BCUT2D eigenvalue weighted by Gasteiger charge is -2.13. The van der Waals surface area contributed by atoms with E-state index in [0.717, 1.165) is 6.42 Å². The first kappa shape index (κ1) is 19.5. The van der Waals surface area contributed by atoms with Crippen molar-refractivity contribution in [2.24, 2.45) is 0 Å². The van der Waals surface area contributed by atoms with Crippen LogP contribution in [0.1, 0.15) is 36.2 Å². The van der Waals surface area contributed by atoms with Crippen LogP contribution < -0.4 is 10.1 Å². The van der Waals surface area contributed by atoms with Gasteiger partial charge in [0.25, 0.3) is 5.91 Å². The van der Waals surface area contributed by atoms with Gasteiger partial charge in [-0.1, -0.05) is 31.5 Å². The first-order valence-corrected chi connectivity index (χ1v) is 9.13. The molecular formula is C18H20ClFN2O2S. The first-order valence-electron chi connectivity index (χ1n) is 7.88. The van der Waals surface area contributed by atoms with Crippen LogP contribution in [0.5, 0.6) is 5.75 Å². The summed E-state index contributed by atoms with van der Waals surface area (Å²) in [7, 11) is 1.40. The summed E-state index contributed by atoms with van der Waals surface area (Å²) in [4.78, 5) is 16.9. The number of pyridine rings is 1. The SMILES string of the molecule is CCC(C)Sc1nccc(Cl)c1C(=O)NCc1ccc(OC)c(F)c1. The van der Waals surface area contributed by atoms with Gasteiger partial charge >= 0.3 is 0 Å². The van der Waals surface area contributed by atoms with Gasteiger partial charge in [0.05, 0.1) is 17.7 Å². The van der Waals surface area contributed by atoms with Crippen molar-refractivity contribution in [3.05, 3.63) is 52.4 Å². The zero-order valence-corrected chi connectivity index (χ0v) is 15.9. The number of amides is 1. The molecule has 0 radical (unpaired) electrons. The van der Waals surface area contributed by atoms with E-state index >= 15 is 0 Å². The molecule has 4 nitrogen and oxygen atoms in total. The lowest BCUT2D eigenvalue weighted by atomic mass is 10.2. The molecule has 1 amide bonds. The quantitative estimate of drug-likeness (QED) is 0.705. The van der Waals surface area contributed by atoms with Gasteiger partial charge in [-0.25, -0.2) is 9.37 Å². The molecule has 0 aliphatic carbocycles. The molecule has 1 heterocycles. The molecule has 1 N–H and O–H groups in total. The third-order valence-corrected chi connectivity index (χ3v) is 5.23. The minimum Gasteiger partial charge on any atom is -0.494 e. The van der Waals surface area contributed by atoms with Crippen LogP contribution in [0.25, 0.3) is 0 Å². The lowest BCUT2D eigenvalue weighted by Crippen LogP contribution is -2.24. The highest BCUT2D eigenvalue weighted by Crippen LogP contribution is 2.30. The van der Waals surface area contributed by atoms with Gasteiger partial charge < -0.3 is 10.1 Å². The van der Waals surface area contributed by atoms with Gasteiger partial charge in [-0.15, -0.1) is 11.8 Å². The minimum atomic E-state index is -0.471. The molecule has 0 saturated heterocycles. The number of halogens is 2. The molecule has 1 aromatic heterocycles. The number of hydrogen-bond acceptors (Lipinski definition) is 4. The number of carbonyl (C=O) groups is 1. The highest BCUT2D eigenvalue weighted by atomic mass is 35.5. The first-order chi connectivity index (χ1) is 12.0. The molecule has 1 aromatic carbocycles. The fraction of sp³-hybridized carbons (Fsp3) is 0.333. The second-order valence-corrected chi connectivity index (χ2v) is 7.30. The average molecular weight is 383 g/mol. The third kappa shape index (κ3) is 5.09. The van der Waals surface area contributed by atoms with Crippen LogP contribution in [0.4, 0.5) is 4.39 Å². The summed E-state index contributed by atoms with van der Waals surface area (Å²) in [6, 6.07) is 6.14. The summed E-state index contributed by atoms with van der Waals surface area (Å²) in [5, 5.41) is 4.03. The molecule has 0 saturated carbocycles. The molecule has 134 valence electrons. The van der Waals surface area contributed by atoms with E-state index in [4.69, 9.17) is 16.3 Å². The summed E-state index contributed by atoms with van der Waals surface area (Å²) in [5.41, 5.74) is 0.978. The summed E-state index contributed by atoms with van der Waals surface area (Å²) in [5.74, 6) is -0.639. The summed E-state index contributed by atoms with van der Waals surface area (Å²) < 4.78 is 18.6. The maximum Gasteiger partial charge on any atom is 0.255 e. The van der Waals surface area contributed by atoms with Crippen LogP contribution in [0, 0.1) is 5.82 Å². The van der Waals surface area contributed by atoms with Crippen LogP contribution in [-0.4, -0.2) is 23.3 Å². The van der Waals surface area contributed by atoms with E-state index in [1.165, 1.54) is 31.0 Å². The Kier molecular flexibility index (Phi) is 7.08. The summed E-state index contributed by atoms with van der Waals surface area (Å²) in [6.45, 7) is 4.31. The molecular weight excluding hydrogens is 363 g/mol. The van der Waals surface area contributed by atoms with Gasteiger partial charge in [-0.2, -0.15) is 0 Å². The zero-order valence-electron chi connectivity index (χ0n) is 14.3. The number of hydrogen-bond donors (Lipinski definition) is 1. The van der Waals surface area contributed by atoms with E-state index in [9.17, 15) is 9.18 Å². The van der Waals surface area contributed by atoms with Gasteiger partial charge in [0.15, 0.2) is 11.6 Å². The number of benzene rings is 1. The number of ether oxygens (including phenoxy) is 1. The predicted octanol–water partition coefficient (Wildman–Crippen LogP) is 4.70. The summed E-state index contributed by atoms with van der Waals surface area (Å²) >= 11 is 7.72. The van der Waals surface area contributed by atoms with E-state index in [-0.39, 0.29) is 18.2 Å². The largest absolute Gasteiger partial charge is 0.494 e. The van der Waals surface area contributed by atoms with Crippen molar-refractivity contribution in [2.45, 2.75) is 37.1 Å². The molecule has 7 heteroatoms. The molecule has 0 spiro atoms. The molecule has 25 heavy (non-hydrogen) atoms. The maximum absolute atomic E-state index is 13.7. The average Bonchev–Trinajstić information content (AvgIpc) is 2.59. The molecule has 0 bridgehead atoms. The fourth-order valence-corrected chi connectivity index (χ4v) is 3.36. The Morgan fingerprint density at radius 3 is 2.84 bits per heavy atom. The number of nitrogens with one attached hydrogen (secondary N) is 1. The Labute approximate surface area is 156 Å². The van der Waals surface area contributed by atoms with Crippen molar-refractivity contribution in [3.8, 4) is 5.75 Å². The predicted molar refractivity (Wildman–Crippen MR) is 99.0 cm³/mol. The molecule has 2 rings (SSSR count). The highest BCUT2D eigenvalue weighted by molar-refractivity contribution is 7.99. The minimum absolute atomic E-state index is 0.164. The highest BCUT2D eigenvalue weighted by Gasteiger charge is 2.18. The summed E-state index contributed by atoms with van der Waals surface area (Å²) in [6.07, 6.45) is 2.54. The van der Waals surface area contributed by atoms with Crippen molar-refractivity contribution in [2.75, 3.05) is 7.11 Å². The van der Waals surface area contributed by atoms with Gasteiger partial charge in [0, 0.05) is 18.0 Å².